The molecule has 2 aromatic carbocycles. The molecule has 8 heteroatoms. The molecule has 4 rings (SSSR count). The Morgan fingerprint density at radius 3 is 2.59 bits per heavy atom. The SMILES string of the molecule is COc1ccc(NC(=S)N(CCCN2CCOCC2)[C@@H](C)c2cc3ccccc3o2)cc1OC. The molecular formula is C26H33N3O4S. The number of fused-ring (bicyclic) bond motifs is 1. The van der Waals surface area contributed by atoms with Gasteiger partial charge >= 0.3 is 0 Å². The largest absolute Gasteiger partial charge is 0.493 e. The van der Waals surface area contributed by atoms with Gasteiger partial charge in [-0.05, 0) is 49.8 Å². The number of anilines is 1. The Hall–Kier alpha value is -2.81. The maximum atomic E-state index is 6.18. The van der Waals surface area contributed by atoms with Gasteiger partial charge in [0.05, 0.1) is 33.5 Å². The molecule has 0 radical (unpaired) electrons. The standard InChI is InChI=1S/C26H33N3O4S/c1-19(24-17-20-7-4-5-8-22(20)33-24)29(12-6-11-28-13-15-32-16-14-28)26(34)27-21-9-10-23(30-2)25(18-21)31-3/h4-5,7-10,17-19H,6,11-16H2,1-3H3,(H,27,34)/t19-/m0/s1. The lowest BCUT2D eigenvalue weighted by molar-refractivity contribution is 0.0365. The van der Waals surface area contributed by atoms with Crippen LogP contribution >= 0.6 is 12.2 Å². The second-order valence-corrected chi connectivity index (χ2v) is 8.75. The van der Waals surface area contributed by atoms with Gasteiger partial charge < -0.3 is 28.8 Å². The van der Waals surface area contributed by atoms with Gasteiger partial charge in [-0.3, -0.25) is 4.90 Å². The number of morpholine rings is 1. The van der Waals surface area contributed by atoms with Crippen LogP contribution in [0.4, 0.5) is 5.69 Å². The van der Waals surface area contributed by atoms with E-state index in [4.69, 9.17) is 30.8 Å². The molecule has 0 amide bonds. The third-order valence-corrected chi connectivity index (χ3v) is 6.53. The number of hydrogen-bond acceptors (Lipinski definition) is 6. The van der Waals surface area contributed by atoms with Crippen molar-refractivity contribution in [1.82, 2.24) is 9.80 Å². The van der Waals surface area contributed by atoms with Crippen molar-refractivity contribution < 1.29 is 18.6 Å². The van der Waals surface area contributed by atoms with Crippen LogP contribution in [0.3, 0.4) is 0 Å². The highest BCUT2D eigenvalue weighted by molar-refractivity contribution is 7.80. The van der Waals surface area contributed by atoms with E-state index in [2.05, 4.69) is 34.2 Å². The first kappa shape index (κ1) is 24.3. The number of rotatable bonds is 9. The minimum absolute atomic E-state index is 0.0303. The highest BCUT2D eigenvalue weighted by Gasteiger charge is 2.23. The molecule has 34 heavy (non-hydrogen) atoms. The lowest BCUT2D eigenvalue weighted by atomic mass is 10.2. The zero-order chi connectivity index (χ0) is 23.9. The number of para-hydroxylation sites is 1. The minimum atomic E-state index is -0.0303. The van der Waals surface area contributed by atoms with Crippen molar-refractivity contribution in [2.45, 2.75) is 19.4 Å². The average molecular weight is 484 g/mol. The van der Waals surface area contributed by atoms with Crippen LogP contribution in [0, 0.1) is 0 Å². The van der Waals surface area contributed by atoms with Crippen molar-refractivity contribution in [2.24, 2.45) is 0 Å². The first-order valence-corrected chi connectivity index (χ1v) is 12.1. The summed E-state index contributed by atoms with van der Waals surface area (Å²) >= 11 is 5.89. The van der Waals surface area contributed by atoms with Crippen LogP contribution in [-0.2, 0) is 4.74 Å². The Labute approximate surface area is 206 Å². The van der Waals surface area contributed by atoms with Gasteiger partial charge in [-0.25, -0.2) is 0 Å². The molecule has 0 spiro atoms. The van der Waals surface area contributed by atoms with E-state index in [9.17, 15) is 0 Å². The fourth-order valence-corrected chi connectivity index (χ4v) is 4.60. The van der Waals surface area contributed by atoms with E-state index in [1.807, 2.05) is 36.4 Å². The molecule has 1 aliphatic heterocycles. The maximum absolute atomic E-state index is 6.18. The Balaban J connectivity index is 1.51. The first-order valence-electron chi connectivity index (χ1n) is 11.7. The van der Waals surface area contributed by atoms with Gasteiger partial charge in [-0.15, -0.1) is 0 Å². The van der Waals surface area contributed by atoms with Crippen molar-refractivity contribution in [3.63, 3.8) is 0 Å². The molecule has 7 nitrogen and oxygen atoms in total. The number of hydrogen-bond donors (Lipinski definition) is 1. The second-order valence-electron chi connectivity index (χ2n) is 8.36. The summed E-state index contributed by atoms with van der Waals surface area (Å²) in [7, 11) is 3.25. The van der Waals surface area contributed by atoms with Crippen LogP contribution < -0.4 is 14.8 Å². The number of furan rings is 1. The molecule has 2 heterocycles. The van der Waals surface area contributed by atoms with Crippen LogP contribution in [0.2, 0.25) is 0 Å². The average Bonchev–Trinajstić information content (AvgIpc) is 3.31. The fourth-order valence-electron chi connectivity index (χ4n) is 4.23. The van der Waals surface area contributed by atoms with Crippen LogP contribution in [0.15, 0.2) is 52.9 Å². The molecule has 0 bridgehead atoms. The molecule has 182 valence electrons. The van der Waals surface area contributed by atoms with Gasteiger partial charge in [0, 0.05) is 43.3 Å². The van der Waals surface area contributed by atoms with Crippen molar-refractivity contribution >= 4 is 34.0 Å². The Morgan fingerprint density at radius 2 is 1.85 bits per heavy atom. The monoisotopic (exact) mass is 483 g/mol. The Morgan fingerprint density at radius 1 is 1.09 bits per heavy atom. The first-order chi connectivity index (χ1) is 16.6. The summed E-state index contributed by atoms with van der Waals surface area (Å²) in [5.74, 6) is 2.22. The molecule has 3 aromatic rings. The summed E-state index contributed by atoms with van der Waals surface area (Å²) in [6.07, 6.45) is 0.984. The predicted molar refractivity (Wildman–Crippen MR) is 139 cm³/mol. The van der Waals surface area contributed by atoms with Gasteiger partial charge in [0.1, 0.15) is 11.3 Å². The van der Waals surface area contributed by atoms with Gasteiger partial charge in [0.25, 0.3) is 0 Å². The van der Waals surface area contributed by atoms with Crippen LogP contribution in [-0.4, -0.2) is 68.5 Å². The van der Waals surface area contributed by atoms with Crippen molar-refractivity contribution in [2.75, 3.05) is 58.9 Å². The third-order valence-electron chi connectivity index (χ3n) is 6.20. The molecule has 1 saturated heterocycles. The zero-order valence-electron chi connectivity index (χ0n) is 20.1. The van der Waals surface area contributed by atoms with Gasteiger partial charge in [0.15, 0.2) is 16.6 Å². The molecule has 1 fully saturated rings. The quantitative estimate of drug-likeness (QED) is 0.430. The van der Waals surface area contributed by atoms with Crippen molar-refractivity contribution in [3.8, 4) is 11.5 Å². The maximum Gasteiger partial charge on any atom is 0.174 e. The predicted octanol–water partition coefficient (Wildman–Crippen LogP) is 4.93. The molecule has 1 N–H and O–H groups in total. The summed E-state index contributed by atoms with van der Waals surface area (Å²) in [5.41, 5.74) is 1.73. The van der Waals surface area contributed by atoms with E-state index in [0.717, 1.165) is 68.2 Å². The smallest absolute Gasteiger partial charge is 0.174 e. The lowest BCUT2D eigenvalue weighted by Gasteiger charge is -2.32. The highest BCUT2D eigenvalue weighted by Crippen LogP contribution is 2.31. The van der Waals surface area contributed by atoms with Crippen LogP contribution in [0.5, 0.6) is 11.5 Å². The van der Waals surface area contributed by atoms with Gasteiger partial charge in [-0.2, -0.15) is 0 Å². The third kappa shape index (κ3) is 5.81. The number of nitrogens with zero attached hydrogens (tertiary/aromatic N) is 2. The number of thiocarbonyl (C=S) groups is 1. The minimum Gasteiger partial charge on any atom is -0.493 e. The molecular weight excluding hydrogens is 450 g/mol. The van der Waals surface area contributed by atoms with Crippen LogP contribution in [0.1, 0.15) is 25.1 Å². The van der Waals surface area contributed by atoms with Crippen molar-refractivity contribution in [1.29, 1.82) is 0 Å². The van der Waals surface area contributed by atoms with E-state index in [-0.39, 0.29) is 6.04 Å². The van der Waals surface area contributed by atoms with Crippen molar-refractivity contribution in [3.05, 3.63) is 54.3 Å². The molecule has 0 aliphatic carbocycles. The Bertz CT molecular complexity index is 1060. The normalized spacial score (nSPS) is 15.1. The van der Waals surface area contributed by atoms with E-state index in [1.54, 1.807) is 14.2 Å². The topological polar surface area (TPSA) is 59.3 Å². The lowest BCUT2D eigenvalue weighted by Crippen LogP contribution is -2.41. The molecule has 1 atom stereocenters. The molecule has 0 unspecified atom stereocenters. The van der Waals surface area contributed by atoms with E-state index >= 15 is 0 Å². The summed E-state index contributed by atoms with van der Waals surface area (Å²) in [4.78, 5) is 4.64. The van der Waals surface area contributed by atoms with E-state index in [0.29, 0.717) is 16.6 Å². The molecule has 1 aliphatic rings. The second kappa shape index (κ2) is 11.6. The fraction of sp³-hybridized carbons (Fsp3) is 0.423. The number of ether oxygens (including phenoxy) is 3. The van der Waals surface area contributed by atoms with Gasteiger partial charge in [-0.1, -0.05) is 18.2 Å². The van der Waals surface area contributed by atoms with E-state index in [1.165, 1.54) is 0 Å². The number of nitrogens with one attached hydrogen (secondary N) is 1. The summed E-state index contributed by atoms with van der Waals surface area (Å²) in [6.45, 7) is 7.51. The van der Waals surface area contributed by atoms with E-state index < -0.39 is 0 Å². The Kier molecular flexibility index (Phi) is 8.26. The highest BCUT2D eigenvalue weighted by atomic mass is 32.1. The summed E-state index contributed by atoms with van der Waals surface area (Å²) in [5, 5.41) is 5.12. The van der Waals surface area contributed by atoms with Crippen LogP contribution in [0.25, 0.3) is 11.0 Å². The number of benzene rings is 2. The van der Waals surface area contributed by atoms with Gasteiger partial charge in [0.2, 0.25) is 0 Å². The molecule has 1 aromatic heterocycles. The zero-order valence-corrected chi connectivity index (χ0v) is 20.9. The summed E-state index contributed by atoms with van der Waals surface area (Å²) in [6, 6.07) is 15.8. The molecule has 0 saturated carbocycles. The summed E-state index contributed by atoms with van der Waals surface area (Å²) < 4.78 is 22.5. The number of methoxy groups -OCH3 is 2.